The third-order valence-corrected chi connectivity index (χ3v) is 2.01. The Bertz CT molecular complexity index is 406. The molecule has 0 aliphatic heterocycles. The van der Waals surface area contributed by atoms with Gasteiger partial charge in [-0.15, -0.1) is 0 Å². The topological polar surface area (TPSA) is 49.3 Å². The molecule has 0 aliphatic rings. The Morgan fingerprint density at radius 3 is 2.50 bits per heavy atom. The van der Waals surface area contributed by atoms with Crippen LogP contribution in [0, 0.1) is 0 Å². The number of alkyl halides is 3. The van der Waals surface area contributed by atoms with Crippen molar-refractivity contribution in [3.05, 3.63) is 28.8 Å². The van der Waals surface area contributed by atoms with Crippen molar-refractivity contribution in [3.63, 3.8) is 0 Å². The SMILES string of the molecule is O=C(O)c1ccc(NCC(F)(F)F)cc1Cl. The van der Waals surface area contributed by atoms with Gasteiger partial charge in [-0.05, 0) is 18.2 Å². The number of carboxylic acids is 1. The summed E-state index contributed by atoms with van der Waals surface area (Å²) in [6.45, 7) is -1.20. The first-order valence-corrected chi connectivity index (χ1v) is 4.51. The van der Waals surface area contributed by atoms with Crippen molar-refractivity contribution < 1.29 is 23.1 Å². The minimum absolute atomic E-state index is 0.111. The van der Waals surface area contributed by atoms with Gasteiger partial charge in [0.2, 0.25) is 0 Å². The highest BCUT2D eigenvalue weighted by atomic mass is 35.5. The van der Waals surface area contributed by atoms with Gasteiger partial charge in [-0.2, -0.15) is 13.2 Å². The van der Waals surface area contributed by atoms with Crippen molar-refractivity contribution in [1.82, 2.24) is 0 Å². The summed E-state index contributed by atoms with van der Waals surface area (Å²) in [6, 6.07) is 3.50. The summed E-state index contributed by atoms with van der Waals surface area (Å²) in [7, 11) is 0. The van der Waals surface area contributed by atoms with Gasteiger partial charge in [-0.25, -0.2) is 4.79 Å². The van der Waals surface area contributed by atoms with Crippen molar-refractivity contribution in [1.29, 1.82) is 0 Å². The second-order valence-corrected chi connectivity index (χ2v) is 3.38. The Morgan fingerprint density at radius 2 is 2.06 bits per heavy atom. The number of hydrogen-bond acceptors (Lipinski definition) is 2. The number of anilines is 1. The molecule has 0 saturated heterocycles. The molecular formula is C9H7ClF3NO2. The lowest BCUT2D eigenvalue weighted by molar-refractivity contribution is -0.115. The van der Waals surface area contributed by atoms with Crippen LogP contribution in [0.25, 0.3) is 0 Å². The largest absolute Gasteiger partial charge is 0.478 e. The van der Waals surface area contributed by atoms with Crippen LogP contribution in [0.2, 0.25) is 5.02 Å². The maximum Gasteiger partial charge on any atom is 0.405 e. The summed E-state index contributed by atoms with van der Waals surface area (Å²) in [5.74, 6) is -1.23. The van der Waals surface area contributed by atoms with E-state index in [-0.39, 0.29) is 16.3 Å². The van der Waals surface area contributed by atoms with Gasteiger partial charge in [-0.1, -0.05) is 11.6 Å². The van der Waals surface area contributed by atoms with Crippen LogP contribution in [0.4, 0.5) is 18.9 Å². The van der Waals surface area contributed by atoms with Crippen LogP contribution >= 0.6 is 11.6 Å². The van der Waals surface area contributed by atoms with E-state index < -0.39 is 18.7 Å². The molecular weight excluding hydrogens is 247 g/mol. The zero-order valence-electron chi connectivity index (χ0n) is 7.81. The minimum Gasteiger partial charge on any atom is -0.478 e. The van der Waals surface area contributed by atoms with E-state index in [2.05, 4.69) is 5.32 Å². The molecule has 0 saturated carbocycles. The van der Waals surface area contributed by atoms with E-state index in [0.29, 0.717) is 0 Å². The molecule has 0 radical (unpaired) electrons. The molecule has 88 valence electrons. The first-order valence-electron chi connectivity index (χ1n) is 4.13. The van der Waals surface area contributed by atoms with Gasteiger partial charge < -0.3 is 10.4 Å². The van der Waals surface area contributed by atoms with E-state index in [0.717, 1.165) is 12.1 Å². The van der Waals surface area contributed by atoms with Crippen LogP contribution in [-0.4, -0.2) is 23.8 Å². The average molecular weight is 254 g/mol. The molecule has 1 aromatic rings. The van der Waals surface area contributed by atoms with E-state index in [9.17, 15) is 18.0 Å². The van der Waals surface area contributed by atoms with Gasteiger partial charge in [0.25, 0.3) is 0 Å². The molecule has 0 aliphatic carbocycles. The van der Waals surface area contributed by atoms with Crippen LogP contribution in [0.1, 0.15) is 10.4 Å². The lowest BCUT2D eigenvalue weighted by atomic mass is 10.2. The molecule has 1 rings (SSSR count). The van der Waals surface area contributed by atoms with Crippen LogP contribution in [0.3, 0.4) is 0 Å². The summed E-state index contributed by atoms with van der Waals surface area (Å²) in [5, 5.41) is 10.6. The summed E-state index contributed by atoms with van der Waals surface area (Å²) in [4.78, 5) is 10.6. The molecule has 3 nitrogen and oxygen atoms in total. The van der Waals surface area contributed by atoms with E-state index in [1.54, 1.807) is 0 Å². The molecule has 0 heterocycles. The van der Waals surface area contributed by atoms with Crippen LogP contribution in [-0.2, 0) is 0 Å². The van der Waals surface area contributed by atoms with Crippen LogP contribution in [0.5, 0.6) is 0 Å². The Hall–Kier alpha value is -1.43. The van der Waals surface area contributed by atoms with Gasteiger partial charge in [0, 0.05) is 5.69 Å². The predicted molar refractivity (Wildman–Crippen MR) is 53.0 cm³/mol. The van der Waals surface area contributed by atoms with Gasteiger partial charge in [0.1, 0.15) is 6.54 Å². The molecule has 0 aromatic heterocycles. The highest BCUT2D eigenvalue weighted by Gasteiger charge is 2.26. The van der Waals surface area contributed by atoms with E-state index in [4.69, 9.17) is 16.7 Å². The maximum atomic E-state index is 11.9. The number of carboxylic acid groups (broad SMARTS) is 1. The Kier molecular flexibility index (Phi) is 3.64. The molecule has 0 fully saturated rings. The van der Waals surface area contributed by atoms with Crippen LogP contribution in [0.15, 0.2) is 18.2 Å². The Morgan fingerprint density at radius 1 is 1.44 bits per heavy atom. The first-order chi connectivity index (χ1) is 7.29. The maximum absolute atomic E-state index is 11.9. The van der Waals surface area contributed by atoms with E-state index in [1.807, 2.05) is 0 Å². The highest BCUT2D eigenvalue weighted by molar-refractivity contribution is 6.33. The lowest BCUT2D eigenvalue weighted by Crippen LogP contribution is -2.21. The minimum atomic E-state index is -4.34. The summed E-state index contributed by atoms with van der Waals surface area (Å²) in [6.07, 6.45) is -4.34. The number of hydrogen-bond donors (Lipinski definition) is 2. The fourth-order valence-electron chi connectivity index (χ4n) is 1.00. The second-order valence-electron chi connectivity index (χ2n) is 2.97. The Labute approximate surface area is 93.8 Å². The molecule has 1 aromatic carbocycles. The summed E-state index contributed by atoms with van der Waals surface area (Å²) < 4.78 is 35.6. The number of rotatable bonds is 3. The smallest absolute Gasteiger partial charge is 0.405 e. The number of carbonyl (C=O) groups is 1. The van der Waals surface area contributed by atoms with E-state index >= 15 is 0 Å². The normalized spacial score (nSPS) is 11.2. The predicted octanol–water partition coefficient (Wildman–Crippen LogP) is 3.01. The number of halogens is 4. The van der Waals surface area contributed by atoms with E-state index in [1.165, 1.54) is 6.07 Å². The van der Waals surface area contributed by atoms with Crippen molar-refractivity contribution in [2.24, 2.45) is 0 Å². The van der Waals surface area contributed by atoms with Gasteiger partial charge in [0.15, 0.2) is 0 Å². The van der Waals surface area contributed by atoms with Gasteiger partial charge in [0.05, 0.1) is 10.6 Å². The van der Waals surface area contributed by atoms with Crippen molar-refractivity contribution in [2.45, 2.75) is 6.18 Å². The Balaban J connectivity index is 2.78. The molecule has 0 amide bonds. The van der Waals surface area contributed by atoms with Crippen molar-refractivity contribution >= 4 is 23.3 Å². The third-order valence-electron chi connectivity index (χ3n) is 1.69. The van der Waals surface area contributed by atoms with Crippen LogP contribution < -0.4 is 5.32 Å². The number of benzene rings is 1. The standard InChI is InChI=1S/C9H7ClF3NO2/c10-7-3-5(14-4-9(11,12)13)1-2-6(7)8(15)16/h1-3,14H,4H2,(H,15,16). The summed E-state index contributed by atoms with van der Waals surface area (Å²) >= 11 is 5.57. The fraction of sp³-hybridized carbons (Fsp3) is 0.222. The second kappa shape index (κ2) is 4.61. The van der Waals surface area contributed by atoms with Gasteiger partial charge >= 0.3 is 12.1 Å². The molecule has 7 heteroatoms. The highest BCUT2D eigenvalue weighted by Crippen LogP contribution is 2.22. The van der Waals surface area contributed by atoms with Crippen molar-refractivity contribution in [3.8, 4) is 0 Å². The molecule has 0 spiro atoms. The fourth-order valence-corrected chi connectivity index (χ4v) is 1.26. The zero-order valence-corrected chi connectivity index (χ0v) is 8.56. The number of aromatic carboxylic acids is 1. The number of nitrogens with one attached hydrogen (secondary N) is 1. The first kappa shape index (κ1) is 12.6. The molecule has 0 unspecified atom stereocenters. The molecule has 0 atom stereocenters. The quantitative estimate of drug-likeness (QED) is 0.871. The van der Waals surface area contributed by atoms with Gasteiger partial charge in [-0.3, -0.25) is 0 Å². The lowest BCUT2D eigenvalue weighted by Gasteiger charge is -2.10. The zero-order chi connectivity index (χ0) is 12.3. The molecule has 16 heavy (non-hydrogen) atoms. The molecule has 0 bridgehead atoms. The average Bonchev–Trinajstić information content (AvgIpc) is 2.13. The van der Waals surface area contributed by atoms with Crippen molar-refractivity contribution in [2.75, 3.05) is 11.9 Å². The molecule has 2 N–H and O–H groups in total. The summed E-state index contributed by atoms with van der Waals surface area (Å²) in [5.41, 5.74) is -0.0356. The monoisotopic (exact) mass is 253 g/mol. The third kappa shape index (κ3) is 3.62.